The van der Waals surface area contributed by atoms with Crippen LogP contribution in [0.2, 0.25) is 0 Å². The number of amides is 1. The molecule has 1 fully saturated rings. The molecule has 1 aromatic carbocycles. The number of sulfone groups is 1. The number of hydrogen-bond donors (Lipinski definition) is 1. The molecule has 0 aromatic heterocycles. The second-order valence-electron chi connectivity index (χ2n) is 5.82. The van der Waals surface area contributed by atoms with Crippen molar-refractivity contribution in [3.8, 4) is 0 Å². The Morgan fingerprint density at radius 1 is 1.36 bits per heavy atom. The highest BCUT2D eigenvalue weighted by atomic mass is 32.2. The summed E-state index contributed by atoms with van der Waals surface area (Å²) in [7, 11) is -3.54. The second kappa shape index (κ2) is 5.95. The van der Waals surface area contributed by atoms with Crippen molar-refractivity contribution < 1.29 is 22.0 Å². The Labute approximate surface area is 128 Å². The van der Waals surface area contributed by atoms with Crippen LogP contribution in [-0.4, -0.2) is 32.0 Å². The number of nitrogens with one attached hydrogen (secondary N) is 1. The van der Waals surface area contributed by atoms with Crippen LogP contribution >= 0.6 is 0 Å². The summed E-state index contributed by atoms with van der Waals surface area (Å²) in [6, 6.07) is 7.93. The van der Waals surface area contributed by atoms with Gasteiger partial charge in [0, 0.05) is 18.4 Å². The highest BCUT2D eigenvalue weighted by molar-refractivity contribution is 7.92. The molecule has 1 aromatic rings. The van der Waals surface area contributed by atoms with E-state index < -0.39 is 38.8 Å². The van der Waals surface area contributed by atoms with E-state index in [1.807, 2.05) is 0 Å². The first-order valence-corrected chi connectivity index (χ1v) is 8.63. The van der Waals surface area contributed by atoms with Gasteiger partial charge in [0.05, 0.1) is 10.1 Å². The molecule has 0 saturated heterocycles. The first-order chi connectivity index (χ1) is 10.1. The van der Waals surface area contributed by atoms with Gasteiger partial charge in [-0.25, -0.2) is 17.2 Å². The summed E-state index contributed by atoms with van der Waals surface area (Å²) in [5.41, 5.74) is 0. The largest absolute Gasteiger partial charge is 0.355 e. The van der Waals surface area contributed by atoms with Gasteiger partial charge in [-0.2, -0.15) is 0 Å². The third kappa shape index (κ3) is 3.63. The molecule has 1 unspecified atom stereocenters. The fourth-order valence-corrected chi connectivity index (χ4v) is 3.68. The van der Waals surface area contributed by atoms with Crippen molar-refractivity contribution in [1.82, 2.24) is 5.32 Å². The second-order valence-corrected chi connectivity index (χ2v) is 8.18. The van der Waals surface area contributed by atoms with Crippen LogP contribution in [0.15, 0.2) is 35.2 Å². The average molecular weight is 331 g/mol. The van der Waals surface area contributed by atoms with Gasteiger partial charge >= 0.3 is 0 Å². The highest BCUT2D eigenvalue weighted by Crippen LogP contribution is 2.49. The number of hydrogen-bond acceptors (Lipinski definition) is 3. The van der Waals surface area contributed by atoms with Crippen LogP contribution in [0, 0.1) is 11.8 Å². The lowest BCUT2D eigenvalue weighted by atomic mass is 10.2. The van der Waals surface area contributed by atoms with E-state index in [4.69, 9.17) is 0 Å². The maximum Gasteiger partial charge on any atom is 0.248 e. The molecule has 0 aliphatic heterocycles. The Hall–Kier alpha value is -1.50. The van der Waals surface area contributed by atoms with Crippen LogP contribution in [0.1, 0.15) is 20.3 Å². The zero-order chi connectivity index (χ0) is 16.5. The molecule has 0 radical (unpaired) electrons. The van der Waals surface area contributed by atoms with E-state index in [9.17, 15) is 22.0 Å². The van der Waals surface area contributed by atoms with Gasteiger partial charge < -0.3 is 5.32 Å². The number of halogens is 2. The lowest BCUT2D eigenvalue weighted by Gasteiger charge is -2.14. The zero-order valence-corrected chi connectivity index (χ0v) is 13.2. The molecule has 122 valence electrons. The average Bonchev–Trinajstić information content (AvgIpc) is 3.25. The Balaban J connectivity index is 1.91. The summed E-state index contributed by atoms with van der Waals surface area (Å²) in [6.45, 7) is 2.20. The predicted molar refractivity (Wildman–Crippen MR) is 78.3 cm³/mol. The molecule has 3 atom stereocenters. The molecule has 0 bridgehead atoms. The molecule has 0 spiro atoms. The Morgan fingerprint density at radius 3 is 2.45 bits per heavy atom. The summed E-state index contributed by atoms with van der Waals surface area (Å²) in [4.78, 5) is 12.0. The van der Waals surface area contributed by atoms with Gasteiger partial charge in [-0.3, -0.25) is 4.79 Å². The van der Waals surface area contributed by atoms with Gasteiger partial charge in [0.25, 0.3) is 0 Å². The first kappa shape index (κ1) is 16.9. The number of rotatable bonds is 6. The van der Waals surface area contributed by atoms with E-state index in [0.29, 0.717) is 0 Å². The van der Waals surface area contributed by atoms with E-state index >= 15 is 0 Å². The van der Waals surface area contributed by atoms with Crippen molar-refractivity contribution in [1.29, 1.82) is 0 Å². The standard InChI is InChI=1S/C15H19F2NO3S/c1-10(22(20,21)11-6-4-3-5-7-11)9-18-14(19)12-8-13(12)15(2,16)17/h3-7,10,12-13H,8-9H2,1-2H3,(H,18,19)/t10?,12-,13-/m1/s1. The molecule has 1 aliphatic carbocycles. The van der Waals surface area contributed by atoms with Crippen LogP contribution in [-0.2, 0) is 14.6 Å². The van der Waals surface area contributed by atoms with E-state index in [1.54, 1.807) is 18.2 Å². The van der Waals surface area contributed by atoms with Crippen LogP contribution in [0.3, 0.4) is 0 Å². The topological polar surface area (TPSA) is 63.2 Å². The Morgan fingerprint density at radius 2 is 1.95 bits per heavy atom. The molecular formula is C15H19F2NO3S. The van der Waals surface area contributed by atoms with Crippen LogP contribution < -0.4 is 5.32 Å². The van der Waals surface area contributed by atoms with Crippen molar-refractivity contribution in [2.75, 3.05) is 6.54 Å². The molecular weight excluding hydrogens is 312 g/mol. The molecule has 7 heteroatoms. The van der Waals surface area contributed by atoms with Gasteiger partial charge in [0.15, 0.2) is 9.84 Å². The van der Waals surface area contributed by atoms with Crippen molar-refractivity contribution in [3.05, 3.63) is 30.3 Å². The molecule has 1 saturated carbocycles. The van der Waals surface area contributed by atoms with Gasteiger partial charge in [-0.05, 0) is 32.4 Å². The van der Waals surface area contributed by atoms with Gasteiger partial charge in [-0.1, -0.05) is 18.2 Å². The monoisotopic (exact) mass is 331 g/mol. The maximum absolute atomic E-state index is 13.1. The van der Waals surface area contributed by atoms with Crippen LogP contribution in [0.25, 0.3) is 0 Å². The number of benzene rings is 1. The summed E-state index contributed by atoms with van der Waals surface area (Å²) in [5, 5.41) is 1.65. The molecule has 4 nitrogen and oxygen atoms in total. The number of carbonyl (C=O) groups excluding carboxylic acids is 1. The molecule has 2 rings (SSSR count). The number of alkyl halides is 2. The summed E-state index contributed by atoms with van der Waals surface area (Å²) in [5.74, 6) is -5.02. The van der Waals surface area contributed by atoms with E-state index in [0.717, 1.165) is 6.92 Å². The van der Waals surface area contributed by atoms with E-state index in [-0.39, 0.29) is 17.9 Å². The number of carbonyl (C=O) groups is 1. The maximum atomic E-state index is 13.1. The fraction of sp³-hybridized carbons (Fsp3) is 0.533. The third-order valence-corrected chi connectivity index (χ3v) is 6.10. The van der Waals surface area contributed by atoms with Gasteiger partial charge in [0.2, 0.25) is 11.8 Å². The van der Waals surface area contributed by atoms with Gasteiger partial charge in [-0.15, -0.1) is 0 Å². The van der Waals surface area contributed by atoms with E-state index in [1.165, 1.54) is 19.1 Å². The molecule has 22 heavy (non-hydrogen) atoms. The minimum absolute atomic E-state index is 0.0887. The highest BCUT2D eigenvalue weighted by Gasteiger charge is 2.55. The van der Waals surface area contributed by atoms with Crippen molar-refractivity contribution >= 4 is 15.7 Å². The molecule has 0 heterocycles. The first-order valence-electron chi connectivity index (χ1n) is 7.08. The summed E-state index contributed by atoms with van der Waals surface area (Å²) in [6.07, 6.45) is 0.148. The zero-order valence-electron chi connectivity index (χ0n) is 12.4. The molecule has 1 amide bonds. The quantitative estimate of drug-likeness (QED) is 0.870. The minimum Gasteiger partial charge on any atom is -0.355 e. The molecule has 1 aliphatic rings. The van der Waals surface area contributed by atoms with E-state index in [2.05, 4.69) is 5.32 Å². The van der Waals surface area contributed by atoms with Crippen LogP contribution in [0.5, 0.6) is 0 Å². The van der Waals surface area contributed by atoms with Crippen LogP contribution in [0.4, 0.5) is 8.78 Å². The fourth-order valence-electron chi connectivity index (χ4n) is 2.37. The predicted octanol–water partition coefficient (Wildman–Crippen LogP) is 2.26. The van der Waals surface area contributed by atoms with Crippen molar-refractivity contribution in [2.24, 2.45) is 11.8 Å². The van der Waals surface area contributed by atoms with Crippen molar-refractivity contribution in [3.63, 3.8) is 0 Å². The Kier molecular flexibility index (Phi) is 4.56. The smallest absolute Gasteiger partial charge is 0.248 e. The molecule has 1 N–H and O–H groups in total. The normalized spacial score (nSPS) is 22.9. The third-order valence-electron chi connectivity index (χ3n) is 3.94. The Bertz CT molecular complexity index is 641. The SMILES string of the molecule is CC(CNC(=O)[C@@H]1C[C@H]1C(C)(F)F)S(=O)(=O)c1ccccc1. The van der Waals surface area contributed by atoms with Crippen molar-refractivity contribution in [2.45, 2.75) is 36.3 Å². The summed E-state index contributed by atoms with van der Waals surface area (Å²) >= 11 is 0. The lowest BCUT2D eigenvalue weighted by molar-refractivity contribution is -0.124. The summed E-state index contributed by atoms with van der Waals surface area (Å²) < 4.78 is 50.7. The minimum atomic E-state index is -3.54. The lowest BCUT2D eigenvalue weighted by Crippen LogP contribution is -2.36. The van der Waals surface area contributed by atoms with Gasteiger partial charge in [0.1, 0.15) is 0 Å².